The van der Waals surface area contributed by atoms with Gasteiger partial charge in [-0.3, -0.25) is 0 Å². The van der Waals surface area contributed by atoms with Gasteiger partial charge in [-0.05, 0) is 5.56 Å². The number of halogens is 1. The van der Waals surface area contributed by atoms with Crippen molar-refractivity contribution in [3.05, 3.63) is 35.9 Å². The van der Waals surface area contributed by atoms with Gasteiger partial charge in [0.25, 0.3) is 6.02 Å². The van der Waals surface area contributed by atoms with Crippen molar-refractivity contribution >= 4 is 24.4 Å². The van der Waals surface area contributed by atoms with Gasteiger partial charge in [0.15, 0.2) is 6.04 Å². The van der Waals surface area contributed by atoms with Crippen LogP contribution >= 0.6 is 12.4 Å². The molecule has 0 radical (unpaired) electrons. The van der Waals surface area contributed by atoms with Crippen molar-refractivity contribution in [3.8, 4) is 0 Å². The summed E-state index contributed by atoms with van der Waals surface area (Å²) >= 11 is 0. The number of aliphatic imine (C=N–C) groups is 1. The molecule has 0 aliphatic carbocycles. The molecule has 0 bridgehead atoms. The lowest BCUT2D eigenvalue weighted by Crippen LogP contribution is -2.13. The maximum absolute atomic E-state index is 11.2. The third-order valence-corrected chi connectivity index (χ3v) is 1.80. The van der Waals surface area contributed by atoms with E-state index in [0.717, 1.165) is 5.56 Å². The molecule has 1 heterocycles. The van der Waals surface area contributed by atoms with Crippen LogP contribution in [0.15, 0.2) is 35.3 Å². The van der Waals surface area contributed by atoms with Crippen LogP contribution in [0, 0.1) is 0 Å². The summed E-state index contributed by atoms with van der Waals surface area (Å²) in [5.41, 5.74) is 6.06. The lowest BCUT2D eigenvalue weighted by molar-refractivity contribution is -0.135. The number of nitrogens with zero attached hydrogens (tertiary/aromatic N) is 1. The molecular formula is C9H9ClN2O2. The molecule has 1 aliphatic rings. The quantitative estimate of drug-likeness (QED) is 0.707. The fourth-order valence-electron chi connectivity index (χ4n) is 1.21. The third kappa shape index (κ3) is 1.85. The predicted molar refractivity (Wildman–Crippen MR) is 54.1 cm³/mol. The van der Waals surface area contributed by atoms with Crippen molar-refractivity contribution in [1.29, 1.82) is 0 Å². The van der Waals surface area contributed by atoms with E-state index in [2.05, 4.69) is 9.73 Å². The second-order valence-corrected chi connectivity index (χ2v) is 2.70. The lowest BCUT2D eigenvalue weighted by atomic mass is 10.1. The van der Waals surface area contributed by atoms with E-state index < -0.39 is 12.0 Å². The minimum atomic E-state index is -0.582. The maximum Gasteiger partial charge on any atom is 0.343 e. The Balaban J connectivity index is 0.000000980. The topological polar surface area (TPSA) is 64.7 Å². The second-order valence-electron chi connectivity index (χ2n) is 2.70. The molecule has 0 amide bonds. The largest absolute Gasteiger partial charge is 0.391 e. The molecule has 1 atom stereocenters. The normalized spacial score (nSPS) is 19.6. The van der Waals surface area contributed by atoms with Gasteiger partial charge >= 0.3 is 5.97 Å². The van der Waals surface area contributed by atoms with E-state index in [-0.39, 0.29) is 18.4 Å². The molecule has 14 heavy (non-hydrogen) atoms. The van der Waals surface area contributed by atoms with Gasteiger partial charge in [0.2, 0.25) is 0 Å². The zero-order valence-electron chi connectivity index (χ0n) is 7.21. The average molecular weight is 213 g/mol. The van der Waals surface area contributed by atoms with Crippen LogP contribution in [-0.2, 0) is 9.53 Å². The Morgan fingerprint density at radius 1 is 1.29 bits per heavy atom. The van der Waals surface area contributed by atoms with Crippen molar-refractivity contribution < 1.29 is 9.53 Å². The summed E-state index contributed by atoms with van der Waals surface area (Å²) < 4.78 is 4.62. The minimum Gasteiger partial charge on any atom is -0.391 e. The number of hydrogen-bond donors (Lipinski definition) is 1. The molecule has 0 spiro atoms. The van der Waals surface area contributed by atoms with Crippen LogP contribution in [0.25, 0.3) is 0 Å². The molecule has 1 aromatic carbocycles. The minimum absolute atomic E-state index is 0. The molecule has 2 N–H and O–H groups in total. The van der Waals surface area contributed by atoms with Gasteiger partial charge in [0.05, 0.1) is 0 Å². The summed E-state index contributed by atoms with van der Waals surface area (Å²) in [6, 6.07) is 8.54. The van der Waals surface area contributed by atoms with E-state index >= 15 is 0 Å². The highest BCUT2D eigenvalue weighted by molar-refractivity contribution is 5.95. The summed E-state index contributed by atoms with van der Waals surface area (Å²) in [5.74, 6) is -0.413. The molecule has 0 aromatic heterocycles. The van der Waals surface area contributed by atoms with Crippen molar-refractivity contribution in [2.45, 2.75) is 6.04 Å². The standard InChI is InChI=1S/C9H8N2O2.ClH/c10-9-11-7(8(12)13-9)6-4-2-1-3-5-6;/h1-5,7H,(H2,10,11);1H/t7-;/m1./s1. The van der Waals surface area contributed by atoms with Gasteiger partial charge in [0, 0.05) is 0 Å². The first-order valence-electron chi connectivity index (χ1n) is 3.87. The molecule has 4 nitrogen and oxygen atoms in total. The van der Waals surface area contributed by atoms with Crippen LogP contribution in [0.1, 0.15) is 11.6 Å². The van der Waals surface area contributed by atoms with E-state index in [1.54, 1.807) is 0 Å². The van der Waals surface area contributed by atoms with E-state index in [0.29, 0.717) is 0 Å². The highest BCUT2D eigenvalue weighted by Crippen LogP contribution is 2.22. The number of benzene rings is 1. The van der Waals surface area contributed by atoms with E-state index in [9.17, 15) is 4.79 Å². The van der Waals surface area contributed by atoms with Crippen LogP contribution in [0.3, 0.4) is 0 Å². The van der Waals surface area contributed by atoms with Gasteiger partial charge in [0.1, 0.15) is 0 Å². The Labute approximate surface area is 87.2 Å². The molecule has 0 saturated carbocycles. The monoisotopic (exact) mass is 212 g/mol. The van der Waals surface area contributed by atoms with Crippen molar-refractivity contribution in [2.24, 2.45) is 10.7 Å². The number of amidine groups is 1. The van der Waals surface area contributed by atoms with E-state index in [4.69, 9.17) is 5.73 Å². The number of carbonyl (C=O) groups is 1. The molecule has 0 unspecified atom stereocenters. The van der Waals surface area contributed by atoms with Crippen LogP contribution in [0.5, 0.6) is 0 Å². The first kappa shape index (κ1) is 10.5. The Morgan fingerprint density at radius 3 is 2.43 bits per heavy atom. The average Bonchev–Trinajstić information content (AvgIpc) is 2.47. The predicted octanol–water partition coefficient (Wildman–Crippen LogP) is 1.02. The second kappa shape index (κ2) is 4.11. The highest BCUT2D eigenvalue weighted by Gasteiger charge is 2.28. The zero-order valence-corrected chi connectivity index (χ0v) is 8.03. The van der Waals surface area contributed by atoms with Crippen LogP contribution in [0.2, 0.25) is 0 Å². The SMILES string of the molecule is Cl.NC1=N[C@H](c2ccccc2)C(=O)O1. The third-order valence-electron chi connectivity index (χ3n) is 1.80. The van der Waals surface area contributed by atoms with Crippen molar-refractivity contribution in [3.63, 3.8) is 0 Å². The number of cyclic esters (lactones) is 1. The summed E-state index contributed by atoms with van der Waals surface area (Å²) in [6.07, 6.45) is 0. The molecule has 1 aliphatic heterocycles. The van der Waals surface area contributed by atoms with Gasteiger partial charge in [-0.15, -0.1) is 12.4 Å². The Bertz CT molecular complexity index is 364. The van der Waals surface area contributed by atoms with Gasteiger partial charge in [-0.2, -0.15) is 0 Å². The van der Waals surface area contributed by atoms with Crippen molar-refractivity contribution in [2.75, 3.05) is 0 Å². The van der Waals surface area contributed by atoms with Gasteiger partial charge in [-0.1, -0.05) is 30.3 Å². The lowest BCUT2D eigenvalue weighted by Gasteiger charge is -2.01. The van der Waals surface area contributed by atoms with Crippen LogP contribution in [-0.4, -0.2) is 12.0 Å². The smallest absolute Gasteiger partial charge is 0.343 e. The molecule has 2 rings (SSSR count). The van der Waals surface area contributed by atoms with Crippen LogP contribution in [0.4, 0.5) is 0 Å². The van der Waals surface area contributed by atoms with E-state index in [1.165, 1.54) is 0 Å². The molecule has 0 fully saturated rings. The summed E-state index contributed by atoms with van der Waals surface area (Å²) in [5, 5.41) is 0. The number of ether oxygens (including phenoxy) is 1. The molecule has 74 valence electrons. The molecular weight excluding hydrogens is 204 g/mol. The number of carbonyl (C=O) groups excluding carboxylic acids is 1. The number of hydrogen-bond acceptors (Lipinski definition) is 4. The molecule has 5 heteroatoms. The summed E-state index contributed by atoms with van der Waals surface area (Å²) in [4.78, 5) is 15.0. The number of nitrogens with two attached hydrogens (primary N) is 1. The Morgan fingerprint density at radius 2 is 1.93 bits per heavy atom. The molecule has 0 saturated heterocycles. The summed E-state index contributed by atoms with van der Waals surface area (Å²) in [7, 11) is 0. The first-order chi connectivity index (χ1) is 6.27. The molecule has 1 aromatic rings. The van der Waals surface area contributed by atoms with Crippen LogP contribution < -0.4 is 5.73 Å². The Kier molecular flexibility index (Phi) is 3.09. The maximum atomic E-state index is 11.2. The number of esters is 1. The number of rotatable bonds is 1. The van der Waals surface area contributed by atoms with E-state index in [1.807, 2.05) is 30.3 Å². The Hall–Kier alpha value is -1.55. The zero-order chi connectivity index (χ0) is 9.26. The van der Waals surface area contributed by atoms with Crippen molar-refractivity contribution in [1.82, 2.24) is 0 Å². The fourth-order valence-corrected chi connectivity index (χ4v) is 1.21. The summed E-state index contributed by atoms with van der Waals surface area (Å²) in [6.45, 7) is 0. The fraction of sp³-hybridized carbons (Fsp3) is 0.111. The highest BCUT2D eigenvalue weighted by atomic mass is 35.5. The first-order valence-corrected chi connectivity index (χ1v) is 3.87. The van der Waals surface area contributed by atoms with Gasteiger partial charge < -0.3 is 10.5 Å². The van der Waals surface area contributed by atoms with Gasteiger partial charge in [-0.25, -0.2) is 9.79 Å².